The van der Waals surface area contributed by atoms with Gasteiger partial charge in [-0.3, -0.25) is 4.79 Å². The lowest BCUT2D eigenvalue weighted by Gasteiger charge is -2.10. The van der Waals surface area contributed by atoms with Crippen molar-refractivity contribution in [1.82, 2.24) is 5.32 Å². The van der Waals surface area contributed by atoms with Crippen molar-refractivity contribution >= 4 is 23.2 Å². The molecule has 6 heteroatoms. The largest absolute Gasteiger partial charge is 0.483 e. The van der Waals surface area contributed by atoms with Gasteiger partial charge in [0, 0.05) is 10.4 Å². The van der Waals surface area contributed by atoms with Crippen molar-refractivity contribution in [1.29, 1.82) is 0 Å². The first-order chi connectivity index (χ1) is 10.1. The highest BCUT2D eigenvalue weighted by molar-refractivity contribution is 7.09. The van der Waals surface area contributed by atoms with Crippen LogP contribution in [0, 0.1) is 6.92 Å². The summed E-state index contributed by atoms with van der Waals surface area (Å²) in [5.41, 5.74) is 0.683. The minimum atomic E-state index is -1.01. The van der Waals surface area contributed by atoms with Gasteiger partial charge in [-0.25, -0.2) is 4.79 Å². The zero-order valence-electron chi connectivity index (χ0n) is 11.5. The molecule has 0 bridgehead atoms. The fraction of sp³-hybridized carbons (Fsp3) is 0.200. The Balaban J connectivity index is 1.89. The molecule has 0 spiro atoms. The molecule has 21 heavy (non-hydrogen) atoms. The van der Waals surface area contributed by atoms with E-state index in [0.29, 0.717) is 17.9 Å². The summed E-state index contributed by atoms with van der Waals surface area (Å²) >= 11 is 1.57. The monoisotopic (exact) mass is 305 g/mol. The van der Waals surface area contributed by atoms with Gasteiger partial charge < -0.3 is 15.2 Å². The molecule has 0 unspecified atom stereocenters. The van der Waals surface area contributed by atoms with E-state index in [-0.39, 0.29) is 18.1 Å². The molecule has 0 aliphatic rings. The molecule has 0 saturated heterocycles. The predicted octanol–water partition coefficient (Wildman–Crippen LogP) is 2.45. The SMILES string of the molecule is Cc1c(OCC(=O)NCc2cccs2)cccc1C(=O)O. The lowest BCUT2D eigenvalue weighted by molar-refractivity contribution is -0.123. The Morgan fingerprint density at radius 1 is 1.29 bits per heavy atom. The van der Waals surface area contributed by atoms with Crippen LogP contribution in [0.1, 0.15) is 20.8 Å². The third-order valence-electron chi connectivity index (χ3n) is 2.91. The third kappa shape index (κ3) is 4.06. The number of aromatic carboxylic acids is 1. The van der Waals surface area contributed by atoms with Gasteiger partial charge in [-0.2, -0.15) is 0 Å². The van der Waals surface area contributed by atoms with Crippen LogP contribution in [0.15, 0.2) is 35.7 Å². The Labute approximate surface area is 126 Å². The lowest BCUT2D eigenvalue weighted by Crippen LogP contribution is -2.28. The van der Waals surface area contributed by atoms with E-state index in [1.165, 1.54) is 6.07 Å². The first-order valence-corrected chi connectivity index (χ1v) is 7.20. The molecule has 2 aromatic rings. The zero-order valence-corrected chi connectivity index (χ0v) is 12.3. The van der Waals surface area contributed by atoms with Crippen molar-refractivity contribution in [2.45, 2.75) is 13.5 Å². The van der Waals surface area contributed by atoms with Crippen LogP contribution in [0.25, 0.3) is 0 Å². The van der Waals surface area contributed by atoms with E-state index >= 15 is 0 Å². The average Bonchev–Trinajstić information content (AvgIpc) is 2.97. The summed E-state index contributed by atoms with van der Waals surface area (Å²) in [6.07, 6.45) is 0. The summed E-state index contributed by atoms with van der Waals surface area (Å²) in [7, 11) is 0. The Hall–Kier alpha value is -2.34. The smallest absolute Gasteiger partial charge is 0.336 e. The number of carboxylic acids is 1. The molecule has 0 radical (unpaired) electrons. The number of carbonyl (C=O) groups is 2. The maximum absolute atomic E-state index is 11.7. The molecular weight excluding hydrogens is 290 g/mol. The van der Waals surface area contributed by atoms with Gasteiger partial charge in [0.2, 0.25) is 0 Å². The van der Waals surface area contributed by atoms with E-state index in [0.717, 1.165) is 4.88 Å². The highest BCUT2D eigenvalue weighted by Gasteiger charge is 2.12. The van der Waals surface area contributed by atoms with E-state index in [2.05, 4.69) is 5.32 Å². The van der Waals surface area contributed by atoms with Crippen LogP contribution in [0.3, 0.4) is 0 Å². The van der Waals surface area contributed by atoms with Gasteiger partial charge in [0.1, 0.15) is 5.75 Å². The van der Waals surface area contributed by atoms with E-state index in [4.69, 9.17) is 9.84 Å². The summed E-state index contributed by atoms with van der Waals surface area (Å²) in [5, 5.41) is 13.7. The number of ether oxygens (including phenoxy) is 1. The summed E-state index contributed by atoms with van der Waals surface area (Å²) in [5.74, 6) is -0.857. The summed E-state index contributed by atoms with van der Waals surface area (Å²) in [4.78, 5) is 23.8. The first-order valence-electron chi connectivity index (χ1n) is 6.32. The van der Waals surface area contributed by atoms with Crippen molar-refractivity contribution < 1.29 is 19.4 Å². The van der Waals surface area contributed by atoms with Gasteiger partial charge in [0.15, 0.2) is 6.61 Å². The number of rotatable bonds is 6. The molecule has 1 aromatic heterocycles. The minimum Gasteiger partial charge on any atom is -0.483 e. The number of hydrogen-bond acceptors (Lipinski definition) is 4. The van der Waals surface area contributed by atoms with Crippen molar-refractivity contribution in [2.24, 2.45) is 0 Å². The molecule has 2 N–H and O–H groups in total. The van der Waals surface area contributed by atoms with Crippen LogP contribution < -0.4 is 10.1 Å². The van der Waals surface area contributed by atoms with Crippen LogP contribution in [-0.2, 0) is 11.3 Å². The highest BCUT2D eigenvalue weighted by atomic mass is 32.1. The Bertz CT molecular complexity index is 637. The summed E-state index contributed by atoms with van der Waals surface area (Å²) in [6, 6.07) is 8.60. The van der Waals surface area contributed by atoms with Crippen LogP contribution in [0.4, 0.5) is 0 Å². The summed E-state index contributed by atoms with van der Waals surface area (Å²) < 4.78 is 5.39. The molecule has 0 aliphatic carbocycles. The number of benzene rings is 1. The molecule has 1 aromatic carbocycles. The minimum absolute atomic E-state index is 0.144. The van der Waals surface area contributed by atoms with Crippen LogP contribution in [0.2, 0.25) is 0 Å². The van der Waals surface area contributed by atoms with E-state index in [1.807, 2.05) is 17.5 Å². The molecule has 0 atom stereocenters. The first kappa shape index (κ1) is 15.1. The molecule has 1 heterocycles. The molecule has 0 aliphatic heterocycles. The standard InChI is InChI=1S/C15H15NO4S/c1-10-12(15(18)19)5-2-6-13(10)20-9-14(17)16-8-11-4-3-7-21-11/h2-7H,8-9H2,1H3,(H,16,17)(H,18,19). The van der Waals surface area contributed by atoms with Gasteiger partial charge in [-0.15, -0.1) is 11.3 Å². The maximum Gasteiger partial charge on any atom is 0.336 e. The number of carbonyl (C=O) groups excluding carboxylic acids is 1. The Morgan fingerprint density at radius 2 is 2.10 bits per heavy atom. The normalized spacial score (nSPS) is 10.1. The quantitative estimate of drug-likeness (QED) is 0.859. The van der Waals surface area contributed by atoms with Gasteiger partial charge in [0.25, 0.3) is 5.91 Å². The second-order valence-corrected chi connectivity index (χ2v) is 5.41. The van der Waals surface area contributed by atoms with Crippen molar-refractivity contribution in [3.05, 3.63) is 51.7 Å². The molecule has 5 nitrogen and oxygen atoms in total. The van der Waals surface area contributed by atoms with Gasteiger partial charge in [-0.05, 0) is 30.5 Å². The topological polar surface area (TPSA) is 75.6 Å². The molecule has 1 amide bonds. The number of amides is 1. The Kier molecular flexibility index (Phi) is 4.94. The van der Waals surface area contributed by atoms with Crippen molar-refractivity contribution in [2.75, 3.05) is 6.61 Å². The van der Waals surface area contributed by atoms with Crippen LogP contribution in [-0.4, -0.2) is 23.6 Å². The van der Waals surface area contributed by atoms with Crippen LogP contribution in [0.5, 0.6) is 5.75 Å². The average molecular weight is 305 g/mol. The van der Waals surface area contributed by atoms with Gasteiger partial charge >= 0.3 is 5.97 Å². The second-order valence-electron chi connectivity index (χ2n) is 4.38. The molecule has 2 rings (SSSR count). The van der Waals surface area contributed by atoms with E-state index in [9.17, 15) is 9.59 Å². The molecule has 0 saturated carbocycles. The fourth-order valence-corrected chi connectivity index (χ4v) is 2.44. The van der Waals surface area contributed by atoms with Crippen molar-refractivity contribution in [3.8, 4) is 5.75 Å². The van der Waals surface area contributed by atoms with E-state index < -0.39 is 5.97 Å². The van der Waals surface area contributed by atoms with Gasteiger partial charge in [0.05, 0.1) is 12.1 Å². The number of nitrogens with one attached hydrogen (secondary N) is 1. The second kappa shape index (κ2) is 6.90. The number of carboxylic acid groups (broad SMARTS) is 1. The molecular formula is C15H15NO4S. The van der Waals surface area contributed by atoms with Crippen molar-refractivity contribution in [3.63, 3.8) is 0 Å². The maximum atomic E-state index is 11.7. The summed E-state index contributed by atoms with van der Waals surface area (Å²) in [6.45, 7) is 1.98. The van der Waals surface area contributed by atoms with Crippen LogP contribution >= 0.6 is 11.3 Å². The third-order valence-corrected chi connectivity index (χ3v) is 3.79. The molecule has 110 valence electrons. The number of hydrogen-bond donors (Lipinski definition) is 2. The zero-order chi connectivity index (χ0) is 15.2. The lowest BCUT2D eigenvalue weighted by atomic mass is 10.1. The molecule has 0 fully saturated rings. The highest BCUT2D eigenvalue weighted by Crippen LogP contribution is 2.21. The van der Waals surface area contributed by atoms with E-state index in [1.54, 1.807) is 30.4 Å². The number of thiophene rings is 1. The van der Waals surface area contributed by atoms with Gasteiger partial charge in [-0.1, -0.05) is 12.1 Å². The Morgan fingerprint density at radius 3 is 2.76 bits per heavy atom. The predicted molar refractivity (Wildman–Crippen MR) is 79.8 cm³/mol. The fourth-order valence-electron chi connectivity index (χ4n) is 1.80.